The molecule has 1 atom stereocenters. The highest BCUT2D eigenvalue weighted by Gasteiger charge is 2.37. The van der Waals surface area contributed by atoms with Crippen LogP contribution in [0, 0.1) is 11.7 Å². The van der Waals surface area contributed by atoms with Gasteiger partial charge in [-0.25, -0.2) is 4.39 Å². The van der Waals surface area contributed by atoms with Crippen LogP contribution in [0.4, 0.5) is 4.39 Å². The van der Waals surface area contributed by atoms with Gasteiger partial charge in [-0.2, -0.15) is 0 Å². The van der Waals surface area contributed by atoms with E-state index in [1.165, 1.54) is 10.9 Å². The Balaban J connectivity index is 1.48. The second-order valence-corrected chi connectivity index (χ2v) is 9.27. The number of fused-ring (bicyclic) bond motifs is 1. The van der Waals surface area contributed by atoms with Gasteiger partial charge in [0.2, 0.25) is 11.8 Å². The average molecular weight is 461 g/mol. The van der Waals surface area contributed by atoms with E-state index in [-0.39, 0.29) is 42.7 Å². The van der Waals surface area contributed by atoms with E-state index >= 15 is 0 Å². The molecule has 2 aromatic rings. The van der Waals surface area contributed by atoms with E-state index in [9.17, 15) is 14.0 Å². The minimum absolute atomic E-state index is 0.0503. The van der Waals surface area contributed by atoms with E-state index in [1.54, 1.807) is 46.4 Å². The summed E-state index contributed by atoms with van der Waals surface area (Å²) in [6.45, 7) is 1.82. The highest BCUT2D eigenvalue weighted by atomic mass is 32.1. The molecule has 1 fully saturated rings. The SMILES string of the molecule is COCCCN(CC(=O)N1CCc2sccc2C1COc1ccccc1F)C(=O)C1CC1. The first-order valence-electron chi connectivity index (χ1n) is 11.1. The molecule has 0 spiro atoms. The van der Waals surface area contributed by atoms with Gasteiger partial charge in [-0.3, -0.25) is 9.59 Å². The zero-order valence-corrected chi connectivity index (χ0v) is 19.1. The Labute approximate surface area is 191 Å². The number of hydrogen-bond acceptors (Lipinski definition) is 5. The fourth-order valence-electron chi connectivity index (χ4n) is 4.11. The van der Waals surface area contributed by atoms with Crippen molar-refractivity contribution in [2.45, 2.75) is 31.7 Å². The Morgan fingerprint density at radius 3 is 2.81 bits per heavy atom. The quantitative estimate of drug-likeness (QED) is 0.508. The maximum atomic E-state index is 14.1. The molecule has 8 heteroatoms. The summed E-state index contributed by atoms with van der Waals surface area (Å²) in [6.07, 6.45) is 3.26. The molecule has 1 aromatic heterocycles. The number of methoxy groups -OCH3 is 1. The largest absolute Gasteiger partial charge is 0.488 e. The molecule has 32 heavy (non-hydrogen) atoms. The zero-order chi connectivity index (χ0) is 22.5. The van der Waals surface area contributed by atoms with Crippen molar-refractivity contribution in [3.05, 3.63) is 52.0 Å². The van der Waals surface area contributed by atoms with Crippen LogP contribution in [-0.2, 0) is 20.7 Å². The van der Waals surface area contributed by atoms with Crippen LogP contribution in [0.3, 0.4) is 0 Å². The van der Waals surface area contributed by atoms with Crippen LogP contribution in [0.2, 0.25) is 0 Å². The molecule has 0 saturated heterocycles. The number of rotatable bonds is 10. The first kappa shape index (κ1) is 22.7. The van der Waals surface area contributed by atoms with Crippen LogP contribution >= 0.6 is 11.3 Å². The maximum absolute atomic E-state index is 14.1. The van der Waals surface area contributed by atoms with Gasteiger partial charge in [0.05, 0.1) is 12.6 Å². The molecule has 4 rings (SSSR count). The van der Waals surface area contributed by atoms with Gasteiger partial charge in [-0.1, -0.05) is 12.1 Å². The van der Waals surface area contributed by atoms with Crippen molar-refractivity contribution in [1.29, 1.82) is 0 Å². The third kappa shape index (κ3) is 5.30. The average Bonchev–Trinajstić information content (AvgIpc) is 3.54. The van der Waals surface area contributed by atoms with Gasteiger partial charge in [0, 0.05) is 37.6 Å². The number of carbonyl (C=O) groups excluding carboxylic acids is 2. The van der Waals surface area contributed by atoms with Gasteiger partial charge in [0.15, 0.2) is 11.6 Å². The molecule has 1 aliphatic carbocycles. The standard InChI is InChI=1S/C24H29FN2O4S/c1-30-13-4-11-26(24(29)17-7-8-17)15-23(28)27-12-9-22-18(10-14-32-22)20(27)16-31-21-6-3-2-5-19(21)25/h2-3,5-6,10,14,17,20H,4,7-9,11-13,15-16H2,1H3. The van der Waals surface area contributed by atoms with Crippen molar-refractivity contribution < 1.29 is 23.5 Å². The zero-order valence-electron chi connectivity index (χ0n) is 18.3. The monoisotopic (exact) mass is 460 g/mol. The lowest BCUT2D eigenvalue weighted by atomic mass is 10.0. The van der Waals surface area contributed by atoms with Crippen molar-refractivity contribution in [3.8, 4) is 5.75 Å². The maximum Gasteiger partial charge on any atom is 0.242 e. The predicted octanol–water partition coefficient (Wildman–Crippen LogP) is 3.67. The third-order valence-corrected chi connectivity index (χ3v) is 6.99. The predicted molar refractivity (Wildman–Crippen MR) is 120 cm³/mol. The number of hydrogen-bond donors (Lipinski definition) is 0. The van der Waals surface area contributed by atoms with Crippen molar-refractivity contribution >= 4 is 23.2 Å². The van der Waals surface area contributed by atoms with Gasteiger partial charge >= 0.3 is 0 Å². The fourth-order valence-corrected chi connectivity index (χ4v) is 5.04. The first-order valence-corrected chi connectivity index (χ1v) is 12.0. The summed E-state index contributed by atoms with van der Waals surface area (Å²) >= 11 is 1.67. The highest BCUT2D eigenvalue weighted by molar-refractivity contribution is 7.10. The molecule has 0 bridgehead atoms. The minimum atomic E-state index is -0.425. The summed E-state index contributed by atoms with van der Waals surface area (Å²) in [5.74, 6) is -0.244. The lowest BCUT2D eigenvalue weighted by molar-refractivity contribution is -0.143. The van der Waals surface area contributed by atoms with E-state index in [2.05, 4.69) is 0 Å². The second kappa shape index (κ2) is 10.4. The lowest BCUT2D eigenvalue weighted by Gasteiger charge is -2.37. The van der Waals surface area contributed by atoms with E-state index in [1.807, 2.05) is 11.4 Å². The highest BCUT2D eigenvalue weighted by Crippen LogP contribution is 2.35. The van der Waals surface area contributed by atoms with Crippen LogP contribution in [-0.4, -0.2) is 61.6 Å². The summed E-state index contributed by atoms with van der Waals surface area (Å²) in [4.78, 5) is 30.8. The third-order valence-electron chi connectivity index (χ3n) is 5.99. The van der Waals surface area contributed by atoms with Crippen LogP contribution in [0.15, 0.2) is 35.7 Å². The molecular formula is C24H29FN2O4S. The molecule has 172 valence electrons. The minimum Gasteiger partial charge on any atom is -0.488 e. The molecule has 1 aromatic carbocycles. The van der Waals surface area contributed by atoms with E-state index < -0.39 is 5.82 Å². The lowest BCUT2D eigenvalue weighted by Crippen LogP contribution is -2.48. The molecule has 1 saturated carbocycles. The van der Waals surface area contributed by atoms with Gasteiger partial charge < -0.3 is 19.3 Å². The summed E-state index contributed by atoms with van der Waals surface area (Å²) in [5, 5.41) is 2.02. The van der Waals surface area contributed by atoms with Crippen molar-refractivity contribution in [3.63, 3.8) is 0 Å². The van der Waals surface area contributed by atoms with Crippen LogP contribution in [0.1, 0.15) is 35.7 Å². The number of halogens is 1. The Bertz CT molecular complexity index is 946. The molecule has 0 radical (unpaired) electrons. The molecule has 0 N–H and O–H groups in total. The van der Waals surface area contributed by atoms with Gasteiger partial charge in [-0.05, 0) is 54.8 Å². The topological polar surface area (TPSA) is 59.1 Å². The Hall–Kier alpha value is -2.45. The number of carbonyl (C=O) groups is 2. The Kier molecular flexibility index (Phi) is 7.42. The number of para-hydroxylation sites is 1. The van der Waals surface area contributed by atoms with Gasteiger partial charge in [0.1, 0.15) is 6.61 Å². The van der Waals surface area contributed by atoms with Crippen LogP contribution < -0.4 is 4.74 Å². The summed E-state index contributed by atoms with van der Waals surface area (Å²) < 4.78 is 25.0. The number of thiophene rings is 1. The number of nitrogens with zero attached hydrogens (tertiary/aromatic N) is 2. The van der Waals surface area contributed by atoms with E-state index in [4.69, 9.17) is 9.47 Å². The molecule has 2 heterocycles. The molecular weight excluding hydrogens is 431 g/mol. The molecule has 1 aliphatic heterocycles. The molecule has 2 aliphatic rings. The molecule has 6 nitrogen and oxygen atoms in total. The normalized spacial score (nSPS) is 17.7. The van der Waals surface area contributed by atoms with Crippen molar-refractivity contribution in [2.75, 3.05) is 40.0 Å². The fraction of sp³-hybridized carbons (Fsp3) is 0.500. The Morgan fingerprint density at radius 1 is 1.25 bits per heavy atom. The van der Waals surface area contributed by atoms with Crippen LogP contribution in [0.25, 0.3) is 0 Å². The summed E-state index contributed by atoms with van der Waals surface area (Å²) in [7, 11) is 1.63. The van der Waals surface area contributed by atoms with Crippen LogP contribution in [0.5, 0.6) is 5.75 Å². The number of benzene rings is 1. The van der Waals surface area contributed by atoms with E-state index in [0.717, 1.165) is 24.8 Å². The number of amides is 2. The first-order chi connectivity index (χ1) is 15.6. The summed E-state index contributed by atoms with van der Waals surface area (Å²) in [6, 6.07) is 7.99. The Morgan fingerprint density at radius 2 is 2.06 bits per heavy atom. The van der Waals surface area contributed by atoms with Crippen molar-refractivity contribution in [1.82, 2.24) is 9.80 Å². The summed E-state index contributed by atoms with van der Waals surface area (Å²) in [5.41, 5.74) is 1.05. The van der Waals surface area contributed by atoms with E-state index in [0.29, 0.717) is 26.1 Å². The number of ether oxygens (including phenoxy) is 2. The second-order valence-electron chi connectivity index (χ2n) is 8.27. The van der Waals surface area contributed by atoms with Gasteiger partial charge in [-0.15, -0.1) is 11.3 Å². The van der Waals surface area contributed by atoms with Gasteiger partial charge in [0.25, 0.3) is 0 Å². The molecule has 2 amide bonds. The van der Waals surface area contributed by atoms with Crippen molar-refractivity contribution in [2.24, 2.45) is 5.92 Å². The smallest absolute Gasteiger partial charge is 0.242 e. The molecule has 1 unspecified atom stereocenters.